The minimum Gasteiger partial charge on any atom is -0.494 e. The third-order valence-electron chi connectivity index (χ3n) is 5.00. The highest BCUT2D eigenvalue weighted by Gasteiger charge is 2.24. The number of aromatic nitrogens is 2. The van der Waals surface area contributed by atoms with E-state index in [9.17, 15) is 13.2 Å². The van der Waals surface area contributed by atoms with Gasteiger partial charge in [0.15, 0.2) is 15.0 Å². The quantitative estimate of drug-likeness (QED) is 0.306. The Morgan fingerprint density at radius 3 is 2.62 bits per heavy atom. The summed E-state index contributed by atoms with van der Waals surface area (Å²) in [4.78, 5) is 23.8. The molecule has 0 unspecified atom stereocenters. The number of amides is 1. The maximum Gasteiger partial charge on any atom is 0.230 e. The van der Waals surface area contributed by atoms with Gasteiger partial charge in [0.05, 0.1) is 39.7 Å². The van der Waals surface area contributed by atoms with Crippen molar-refractivity contribution in [2.75, 3.05) is 17.3 Å². The molecule has 0 aliphatic heterocycles. The van der Waals surface area contributed by atoms with E-state index in [0.717, 1.165) is 16.0 Å². The molecule has 2 aromatic carbocycles. The lowest BCUT2D eigenvalue weighted by atomic mass is 10.3. The normalized spacial score (nSPS) is 11.5. The van der Waals surface area contributed by atoms with E-state index in [1.807, 2.05) is 37.3 Å². The summed E-state index contributed by atoms with van der Waals surface area (Å²) in [5.41, 5.74) is 1.40. The van der Waals surface area contributed by atoms with Crippen molar-refractivity contribution in [1.29, 1.82) is 0 Å². The van der Waals surface area contributed by atoms with Gasteiger partial charge in [0.25, 0.3) is 0 Å². The molecule has 0 spiro atoms. The van der Waals surface area contributed by atoms with Gasteiger partial charge in [0, 0.05) is 17.6 Å². The fourth-order valence-electron chi connectivity index (χ4n) is 3.30. The molecule has 1 amide bonds. The van der Waals surface area contributed by atoms with Crippen LogP contribution in [0.4, 0.5) is 5.13 Å². The van der Waals surface area contributed by atoms with Crippen LogP contribution in [0.5, 0.6) is 5.75 Å². The van der Waals surface area contributed by atoms with E-state index in [2.05, 4.69) is 9.97 Å². The molecule has 0 aliphatic rings. The Labute approximate surface area is 206 Å². The van der Waals surface area contributed by atoms with Gasteiger partial charge in [-0.15, -0.1) is 0 Å². The van der Waals surface area contributed by atoms with Crippen molar-refractivity contribution in [3.8, 4) is 5.75 Å². The lowest BCUT2D eigenvalue weighted by Crippen LogP contribution is -2.32. The van der Waals surface area contributed by atoms with Crippen LogP contribution in [0, 0.1) is 0 Å². The molecule has 0 fully saturated rings. The Morgan fingerprint density at radius 2 is 1.91 bits per heavy atom. The van der Waals surface area contributed by atoms with Gasteiger partial charge in [-0.2, -0.15) is 0 Å². The number of benzene rings is 2. The molecule has 0 saturated carbocycles. The van der Waals surface area contributed by atoms with Crippen molar-refractivity contribution < 1.29 is 17.9 Å². The van der Waals surface area contributed by atoms with Crippen LogP contribution < -0.4 is 9.64 Å². The largest absolute Gasteiger partial charge is 0.494 e. The second-order valence-electron chi connectivity index (χ2n) is 7.38. The summed E-state index contributed by atoms with van der Waals surface area (Å²) in [6.07, 6.45) is 1.45. The summed E-state index contributed by atoms with van der Waals surface area (Å²) in [5, 5.41) is 0.920. The second kappa shape index (κ2) is 10.5. The Kier molecular flexibility index (Phi) is 7.45. The van der Waals surface area contributed by atoms with Crippen LogP contribution in [0.1, 0.15) is 19.0 Å². The molecule has 0 aliphatic carbocycles. The molecular formula is C24H22ClN3O4S2. The first-order chi connectivity index (χ1) is 16.4. The maximum absolute atomic E-state index is 13.3. The molecule has 0 N–H and O–H groups in total. The van der Waals surface area contributed by atoms with Gasteiger partial charge in [-0.3, -0.25) is 14.7 Å². The van der Waals surface area contributed by atoms with Gasteiger partial charge in [-0.1, -0.05) is 29.0 Å². The van der Waals surface area contributed by atoms with Gasteiger partial charge in [-0.25, -0.2) is 13.4 Å². The summed E-state index contributed by atoms with van der Waals surface area (Å²) in [6, 6.07) is 16.9. The monoisotopic (exact) mass is 515 g/mol. The average Bonchev–Trinajstić information content (AvgIpc) is 3.25. The summed E-state index contributed by atoms with van der Waals surface area (Å²) < 4.78 is 31.9. The van der Waals surface area contributed by atoms with Crippen molar-refractivity contribution in [2.24, 2.45) is 0 Å². The predicted octanol–water partition coefficient (Wildman–Crippen LogP) is 5.14. The number of carbonyl (C=O) groups is 1. The number of thiazole rings is 1. The molecule has 4 aromatic rings. The van der Waals surface area contributed by atoms with Crippen LogP contribution in [0.25, 0.3) is 10.2 Å². The molecule has 0 bridgehead atoms. The van der Waals surface area contributed by atoms with E-state index in [4.69, 9.17) is 16.3 Å². The highest BCUT2D eigenvalue weighted by Crippen LogP contribution is 2.32. The van der Waals surface area contributed by atoms with Gasteiger partial charge in [0.1, 0.15) is 5.75 Å². The first-order valence-electron chi connectivity index (χ1n) is 10.6. The third-order valence-corrected chi connectivity index (χ3v) is 8.02. The molecule has 0 radical (unpaired) electrons. The number of nitrogens with zero attached hydrogens (tertiary/aromatic N) is 3. The number of pyridine rings is 1. The van der Waals surface area contributed by atoms with E-state index >= 15 is 0 Å². The molecule has 34 heavy (non-hydrogen) atoms. The summed E-state index contributed by atoms with van der Waals surface area (Å²) in [6.45, 7) is 2.63. The van der Waals surface area contributed by atoms with Crippen molar-refractivity contribution in [3.63, 3.8) is 0 Å². The third kappa shape index (κ3) is 5.72. The maximum atomic E-state index is 13.3. The molecule has 0 atom stereocenters. The number of hydrogen-bond acceptors (Lipinski definition) is 7. The number of halogens is 1. The van der Waals surface area contributed by atoms with Gasteiger partial charge >= 0.3 is 0 Å². The van der Waals surface area contributed by atoms with Crippen molar-refractivity contribution in [1.82, 2.24) is 9.97 Å². The highest BCUT2D eigenvalue weighted by atomic mass is 35.5. The Hall–Kier alpha value is -3.01. The van der Waals surface area contributed by atoms with Gasteiger partial charge < -0.3 is 4.74 Å². The summed E-state index contributed by atoms with van der Waals surface area (Å²) in [5.74, 6) is 0.0418. The minimum atomic E-state index is -3.65. The van der Waals surface area contributed by atoms with Crippen LogP contribution in [0.3, 0.4) is 0 Å². The number of rotatable bonds is 9. The molecular weight excluding hydrogens is 494 g/mol. The number of fused-ring (bicyclic) bond motifs is 1. The van der Waals surface area contributed by atoms with Crippen molar-refractivity contribution >= 4 is 54.0 Å². The van der Waals surface area contributed by atoms with Crippen LogP contribution in [0.2, 0.25) is 5.02 Å². The second-order valence-corrected chi connectivity index (χ2v) is 10.9. The van der Waals surface area contributed by atoms with E-state index in [-0.39, 0.29) is 29.5 Å². The zero-order chi connectivity index (χ0) is 24.1. The summed E-state index contributed by atoms with van der Waals surface area (Å²) >= 11 is 7.21. The zero-order valence-electron chi connectivity index (χ0n) is 18.3. The molecule has 7 nitrogen and oxygen atoms in total. The number of carbonyl (C=O) groups excluding carboxylic acids is 1. The number of sulfone groups is 1. The molecule has 2 aromatic heterocycles. The lowest BCUT2D eigenvalue weighted by Gasteiger charge is -2.19. The average molecular weight is 516 g/mol. The Morgan fingerprint density at radius 1 is 1.12 bits per heavy atom. The smallest absolute Gasteiger partial charge is 0.230 e. The first kappa shape index (κ1) is 24.1. The number of anilines is 1. The van der Waals surface area contributed by atoms with Crippen molar-refractivity contribution in [2.45, 2.75) is 24.8 Å². The fraction of sp³-hybridized carbons (Fsp3) is 0.208. The van der Waals surface area contributed by atoms with Crippen LogP contribution in [-0.4, -0.2) is 36.7 Å². The van der Waals surface area contributed by atoms with E-state index in [1.54, 1.807) is 12.3 Å². The lowest BCUT2D eigenvalue weighted by molar-refractivity contribution is -0.118. The van der Waals surface area contributed by atoms with Gasteiger partial charge in [0.2, 0.25) is 5.91 Å². The predicted molar refractivity (Wildman–Crippen MR) is 134 cm³/mol. The first-order valence-corrected chi connectivity index (χ1v) is 13.4. The van der Waals surface area contributed by atoms with E-state index in [1.165, 1.54) is 40.5 Å². The minimum absolute atomic E-state index is 0.129. The highest BCUT2D eigenvalue weighted by molar-refractivity contribution is 7.91. The Balaban J connectivity index is 1.60. The molecule has 4 rings (SSSR count). The topological polar surface area (TPSA) is 89.5 Å². The molecule has 176 valence electrons. The molecule has 2 heterocycles. The van der Waals surface area contributed by atoms with Gasteiger partial charge in [-0.05, 0) is 61.5 Å². The Bertz CT molecular complexity index is 1390. The van der Waals surface area contributed by atoms with E-state index in [0.29, 0.717) is 22.5 Å². The van der Waals surface area contributed by atoms with Crippen LogP contribution >= 0.6 is 22.9 Å². The van der Waals surface area contributed by atoms with E-state index < -0.39 is 9.84 Å². The standard InChI is InChI=1S/C24H22ClN3O4S2/c1-2-32-19-8-11-21-22(15-19)33-24(27-21)28(16-18-5-3-4-13-26-18)23(29)12-14-34(30,31)20-9-6-17(25)7-10-20/h3-11,13,15H,2,12,14,16H2,1H3. The van der Waals surface area contributed by atoms with Crippen LogP contribution in [0.15, 0.2) is 71.8 Å². The SMILES string of the molecule is CCOc1ccc2nc(N(Cc3ccccn3)C(=O)CCS(=O)(=O)c3ccc(Cl)cc3)sc2c1. The summed E-state index contributed by atoms with van der Waals surface area (Å²) in [7, 11) is -3.65. The number of hydrogen-bond donors (Lipinski definition) is 0. The molecule has 0 saturated heterocycles. The molecule has 10 heteroatoms. The van der Waals surface area contributed by atoms with Crippen molar-refractivity contribution in [3.05, 3.63) is 77.6 Å². The fourth-order valence-corrected chi connectivity index (χ4v) is 5.66. The number of ether oxygens (including phenoxy) is 1. The van der Waals surface area contributed by atoms with Crippen LogP contribution in [-0.2, 0) is 21.2 Å². The zero-order valence-corrected chi connectivity index (χ0v) is 20.7.